The molecule has 4 rings (SSSR count). The van der Waals surface area contributed by atoms with Crippen LogP contribution in [0.4, 0.5) is 11.5 Å². The topological polar surface area (TPSA) is 101 Å². The van der Waals surface area contributed by atoms with Crippen LogP contribution in [0.15, 0.2) is 42.9 Å². The number of hydrogen-bond acceptors (Lipinski definition) is 8. The number of nitrogens with one attached hydrogen (secondary N) is 1. The van der Waals surface area contributed by atoms with E-state index < -0.39 is 0 Å². The van der Waals surface area contributed by atoms with Crippen molar-refractivity contribution < 1.29 is 9.47 Å². The maximum atomic E-state index is 8.74. The molecule has 1 saturated heterocycles. The molecule has 8 nitrogen and oxygen atoms in total. The van der Waals surface area contributed by atoms with Crippen molar-refractivity contribution in [3.05, 3.63) is 54.2 Å². The first-order chi connectivity index (χ1) is 15.5. The SMILES string of the molecule is C/C=C\OCCN1CCN(c2cc(C(=N)c3cc(OC4(C)CC4)ccc3N)ncn2)CC1. The molecule has 0 spiro atoms. The highest BCUT2D eigenvalue weighted by atomic mass is 16.5. The van der Waals surface area contributed by atoms with Crippen LogP contribution in [0, 0.1) is 5.41 Å². The number of rotatable bonds is 9. The number of piperazine rings is 1. The number of nitrogens with two attached hydrogens (primary N) is 1. The van der Waals surface area contributed by atoms with Crippen LogP contribution >= 0.6 is 0 Å². The summed E-state index contributed by atoms with van der Waals surface area (Å²) in [5, 5.41) is 8.74. The van der Waals surface area contributed by atoms with E-state index in [0.717, 1.165) is 57.1 Å². The zero-order valence-electron chi connectivity index (χ0n) is 18.9. The predicted molar refractivity (Wildman–Crippen MR) is 127 cm³/mol. The molecule has 2 aliphatic rings. The Morgan fingerprint density at radius 2 is 1.97 bits per heavy atom. The van der Waals surface area contributed by atoms with Gasteiger partial charge in [-0.15, -0.1) is 0 Å². The van der Waals surface area contributed by atoms with Gasteiger partial charge in [0.25, 0.3) is 0 Å². The van der Waals surface area contributed by atoms with Crippen LogP contribution in [-0.4, -0.2) is 65.5 Å². The molecule has 0 amide bonds. The summed E-state index contributed by atoms with van der Waals surface area (Å²) >= 11 is 0. The van der Waals surface area contributed by atoms with Crippen LogP contribution in [0.1, 0.15) is 37.9 Å². The molecule has 32 heavy (non-hydrogen) atoms. The molecule has 1 aliphatic heterocycles. The predicted octanol–water partition coefficient (Wildman–Crippen LogP) is 3.08. The van der Waals surface area contributed by atoms with Crippen molar-refractivity contribution in [1.82, 2.24) is 14.9 Å². The monoisotopic (exact) mass is 436 g/mol. The fourth-order valence-corrected chi connectivity index (χ4v) is 3.72. The lowest BCUT2D eigenvalue weighted by atomic mass is 10.0. The summed E-state index contributed by atoms with van der Waals surface area (Å²) in [6.45, 7) is 9.29. The second-order valence-corrected chi connectivity index (χ2v) is 8.61. The molecule has 0 atom stereocenters. The summed E-state index contributed by atoms with van der Waals surface area (Å²) in [6.07, 6.45) is 7.25. The molecule has 0 bridgehead atoms. The number of hydrogen-bond donors (Lipinski definition) is 2. The number of aromatic nitrogens is 2. The zero-order chi connectivity index (χ0) is 22.6. The Bertz CT molecular complexity index is 980. The smallest absolute Gasteiger partial charge is 0.132 e. The van der Waals surface area contributed by atoms with E-state index in [-0.39, 0.29) is 11.3 Å². The summed E-state index contributed by atoms with van der Waals surface area (Å²) < 4.78 is 11.5. The van der Waals surface area contributed by atoms with Crippen LogP contribution in [0.2, 0.25) is 0 Å². The van der Waals surface area contributed by atoms with Gasteiger partial charge in [-0.25, -0.2) is 9.97 Å². The molecular weight excluding hydrogens is 404 g/mol. The summed E-state index contributed by atoms with van der Waals surface area (Å²) in [4.78, 5) is 13.4. The second-order valence-electron chi connectivity index (χ2n) is 8.61. The molecule has 3 N–H and O–H groups in total. The molecule has 8 heteroatoms. The molecule has 1 aromatic heterocycles. The Balaban J connectivity index is 1.41. The van der Waals surface area contributed by atoms with Gasteiger partial charge in [0, 0.05) is 50.0 Å². The minimum absolute atomic E-state index is 0.0847. The average Bonchev–Trinajstić information content (AvgIpc) is 3.54. The Morgan fingerprint density at radius 3 is 2.69 bits per heavy atom. The fourth-order valence-electron chi connectivity index (χ4n) is 3.72. The fraction of sp³-hybridized carbons (Fsp3) is 0.458. The van der Waals surface area contributed by atoms with Crippen molar-refractivity contribution in [2.45, 2.75) is 32.3 Å². The van der Waals surface area contributed by atoms with Gasteiger partial charge in [0.1, 0.15) is 23.5 Å². The molecular formula is C24H32N6O2. The molecule has 2 fully saturated rings. The van der Waals surface area contributed by atoms with Crippen LogP contribution < -0.4 is 15.4 Å². The highest BCUT2D eigenvalue weighted by molar-refractivity contribution is 6.13. The molecule has 170 valence electrons. The largest absolute Gasteiger partial charge is 0.500 e. The van der Waals surface area contributed by atoms with E-state index in [9.17, 15) is 0 Å². The van der Waals surface area contributed by atoms with Gasteiger partial charge in [-0.2, -0.15) is 0 Å². The molecule has 2 heterocycles. The summed E-state index contributed by atoms with van der Waals surface area (Å²) in [7, 11) is 0. The Hall–Kier alpha value is -3.13. The van der Waals surface area contributed by atoms with Gasteiger partial charge >= 0.3 is 0 Å². The lowest BCUT2D eigenvalue weighted by Crippen LogP contribution is -2.47. The number of nitrogen functional groups attached to an aromatic ring is 1. The maximum absolute atomic E-state index is 8.74. The molecule has 1 aromatic carbocycles. The normalized spacial score (nSPS) is 18.0. The van der Waals surface area contributed by atoms with Crippen molar-refractivity contribution in [3.8, 4) is 5.75 Å². The molecule has 1 aliphatic carbocycles. The first kappa shape index (κ1) is 22.1. The third-order valence-corrected chi connectivity index (χ3v) is 5.98. The number of ether oxygens (including phenoxy) is 2. The van der Waals surface area contributed by atoms with E-state index in [0.29, 0.717) is 23.6 Å². The third-order valence-electron chi connectivity index (χ3n) is 5.98. The van der Waals surface area contributed by atoms with Gasteiger partial charge in [-0.05, 0) is 44.9 Å². The van der Waals surface area contributed by atoms with E-state index in [1.807, 2.05) is 31.2 Å². The lowest BCUT2D eigenvalue weighted by Gasteiger charge is -2.35. The van der Waals surface area contributed by atoms with E-state index in [2.05, 4.69) is 26.7 Å². The second kappa shape index (κ2) is 9.56. The van der Waals surface area contributed by atoms with Gasteiger partial charge in [0.05, 0.1) is 24.3 Å². The van der Waals surface area contributed by atoms with Crippen molar-refractivity contribution in [3.63, 3.8) is 0 Å². The zero-order valence-corrected chi connectivity index (χ0v) is 18.9. The molecule has 0 unspecified atom stereocenters. The number of nitrogens with zero attached hydrogens (tertiary/aromatic N) is 4. The van der Waals surface area contributed by atoms with Crippen LogP contribution in [0.3, 0.4) is 0 Å². The lowest BCUT2D eigenvalue weighted by molar-refractivity contribution is 0.171. The average molecular weight is 437 g/mol. The first-order valence-electron chi connectivity index (χ1n) is 11.2. The highest BCUT2D eigenvalue weighted by Gasteiger charge is 2.40. The summed E-state index contributed by atoms with van der Waals surface area (Å²) in [5.74, 6) is 1.57. The van der Waals surface area contributed by atoms with Crippen LogP contribution in [-0.2, 0) is 4.74 Å². The molecule has 1 saturated carbocycles. The first-order valence-corrected chi connectivity index (χ1v) is 11.2. The number of anilines is 2. The van der Waals surface area contributed by atoms with E-state index in [1.54, 1.807) is 12.3 Å². The summed E-state index contributed by atoms with van der Waals surface area (Å²) in [6, 6.07) is 7.39. The van der Waals surface area contributed by atoms with Crippen molar-refractivity contribution in [2.75, 3.05) is 50.0 Å². The number of benzene rings is 1. The van der Waals surface area contributed by atoms with E-state index in [4.69, 9.17) is 20.6 Å². The Kier molecular flexibility index (Phi) is 6.60. The molecule has 2 aromatic rings. The van der Waals surface area contributed by atoms with E-state index >= 15 is 0 Å². The standard InChI is InChI=1S/C24H32N6O2/c1-3-13-31-14-12-29-8-10-30(11-9-29)22-16-21(27-17-28-22)23(26)19-15-18(4-5-20(19)25)32-24(2)6-7-24/h3-5,13,15-17,26H,6-12,14,25H2,1-2H3/b13-3-,26-23?. The van der Waals surface area contributed by atoms with Gasteiger partial charge in [-0.3, -0.25) is 10.3 Å². The van der Waals surface area contributed by atoms with Crippen LogP contribution in [0.5, 0.6) is 5.75 Å². The quantitative estimate of drug-likeness (QED) is 0.270. The van der Waals surface area contributed by atoms with E-state index in [1.165, 1.54) is 6.33 Å². The maximum Gasteiger partial charge on any atom is 0.132 e. The minimum Gasteiger partial charge on any atom is -0.500 e. The van der Waals surface area contributed by atoms with Crippen molar-refractivity contribution >= 4 is 17.2 Å². The number of allylic oxidation sites excluding steroid dienone is 1. The van der Waals surface area contributed by atoms with Gasteiger partial charge < -0.3 is 20.1 Å². The Labute approximate surface area is 189 Å². The Morgan fingerprint density at radius 1 is 1.19 bits per heavy atom. The van der Waals surface area contributed by atoms with Crippen molar-refractivity contribution in [1.29, 1.82) is 5.41 Å². The van der Waals surface area contributed by atoms with Gasteiger partial charge in [-0.1, -0.05) is 6.08 Å². The van der Waals surface area contributed by atoms with Crippen molar-refractivity contribution in [2.24, 2.45) is 0 Å². The summed E-state index contributed by atoms with van der Waals surface area (Å²) in [5.41, 5.74) is 8.10. The highest BCUT2D eigenvalue weighted by Crippen LogP contribution is 2.40. The van der Waals surface area contributed by atoms with Crippen LogP contribution in [0.25, 0.3) is 0 Å². The van der Waals surface area contributed by atoms with Gasteiger partial charge in [0.15, 0.2) is 0 Å². The van der Waals surface area contributed by atoms with Gasteiger partial charge in [0.2, 0.25) is 0 Å². The molecule has 0 radical (unpaired) electrons. The third kappa shape index (κ3) is 5.37. The minimum atomic E-state index is -0.0847.